The van der Waals surface area contributed by atoms with Crippen molar-refractivity contribution in [3.63, 3.8) is 0 Å². The summed E-state index contributed by atoms with van der Waals surface area (Å²) in [7, 11) is -2.45. The molecule has 2 amide bonds. The molecule has 2 aromatic carbocycles. The van der Waals surface area contributed by atoms with Crippen LogP contribution in [0.1, 0.15) is 18.0 Å². The average molecular weight is 319 g/mol. The van der Waals surface area contributed by atoms with Crippen LogP contribution in [0.15, 0.2) is 48.5 Å². The van der Waals surface area contributed by atoms with Gasteiger partial charge >= 0.3 is 0 Å². The number of amides is 2. The molecule has 0 unspecified atom stereocenters. The fourth-order valence-electron chi connectivity index (χ4n) is 1.56. The third kappa shape index (κ3) is 7.52. The van der Waals surface area contributed by atoms with Crippen molar-refractivity contribution in [2.75, 3.05) is 17.7 Å². The minimum atomic E-state index is -2.45. The summed E-state index contributed by atoms with van der Waals surface area (Å²) in [6.07, 6.45) is 0. The topological polar surface area (TPSA) is 87.7 Å². The SMILES string of the molecule is CC(=O)Nc1ccc(O)cc1.[2H]C([2H])([2H])Oc1ccc(NC(C)=O)cc1. The van der Waals surface area contributed by atoms with E-state index in [1.165, 1.54) is 38.1 Å². The molecule has 2 aromatic rings. The van der Waals surface area contributed by atoms with Crippen molar-refractivity contribution in [2.45, 2.75) is 13.8 Å². The third-order valence-electron chi connectivity index (χ3n) is 2.48. The zero-order valence-electron chi connectivity index (χ0n) is 15.8. The van der Waals surface area contributed by atoms with Crippen LogP contribution in [0.5, 0.6) is 11.5 Å². The number of carbonyl (C=O) groups is 2. The number of aromatic hydroxyl groups is 1. The summed E-state index contributed by atoms with van der Waals surface area (Å²) >= 11 is 0. The van der Waals surface area contributed by atoms with Crippen molar-refractivity contribution in [1.82, 2.24) is 0 Å². The number of rotatable bonds is 3. The van der Waals surface area contributed by atoms with Gasteiger partial charge in [0.25, 0.3) is 0 Å². The lowest BCUT2D eigenvalue weighted by Gasteiger charge is -2.02. The maximum absolute atomic E-state index is 10.7. The van der Waals surface area contributed by atoms with Gasteiger partial charge in [-0.2, -0.15) is 0 Å². The molecule has 0 aromatic heterocycles. The average Bonchev–Trinajstić information content (AvgIpc) is 2.50. The lowest BCUT2D eigenvalue weighted by atomic mass is 10.3. The zero-order valence-corrected chi connectivity index (χ0v) is 12.8. The number of ether oxygens (including phenoxy) is 1. The molecule has 0 atom stereocenters. The quantitative estimate of drug-likeness (QED) is 0.759. The first-order chi connectivity index (χ1) is 12.0. The van der Waals surface area contributed by atoms with Crippen molar-refractivity contribution in [1.29, 1.82) is 0 Å². The first-order valence-electron chi connectivity index (χ1n) is 8.18. The highest BCUT2D eigenvalue weighted by Crippen LogP contribution is 2.14. The smallest absolute Gasteiger partial charge is 0.221 e. The van der Waals surface area contributed by atoms with E-state index in [-0.39, 0.29) is 23.3 Å². The molecular weight excluding hydrogens is 296 g/mol. The summed E-state index contributed by atoms with van der Waals surface area (Å²) in [6, 6.07) is 12.4. The minimum Gasteiger partial charge on any atom is -0.508 e. The van der Waals surface area contributed by atoms with Crippen molar-refractivity contribution in [3.05, 3.63) is 48.5 Å². The Morgan fingerprint density at radius 3 is 1.74 bits per heavy atom. The van der Waals surface area contributed by atoms with E-state index in [2.05, 4.69) is 15.4 Å². The number of hydrogen-bond donors (Lipinski definition) is 3. The Hall–Kier alpha value is -3.02. The van der Waals surface area contributed by atoms with E-state index in [1.807, 2.05) is 0 Å². The van der Waals surface area contributed by atoms with Crippen LogP contribution in [0, 0.1) is 0 Å². The van der Waals surface area contributed by atoms with Gasteiger partial charge in [-0.15, -0.1) is 0 Å². The van der Waals surface area contributed by atoms with E-state index in [0.29, 0.717) is 11.4 Å². The molecule has 0 saturated carbocycles. The second-order valence-electron chi connectivity index (χ2n) is 4.54. The van der Waals surface area contributed by atoms with E-state index >= 15 is 0 Å². The fraction of sp³-hybridized carbons (Fsp3) is 0.176. The van der Waals surface area contributed by atoms with Crippen LogP contribution in [-0.4, -0.2) is 24.0 Å². The van der Waals surface area contributed by atoms with Gasteiger partial charge in [0.2, 0.25) is 11.8 Å². The maximum atomic E-state index is 10.7. The van der Waals surface area contributed by atoms with Crippen LogP contribution in [0.3, 0.4) is 0 Å². The Morgan fingerprint density at radius 2 is 1.35 bits per heavy atom. The second-order valence-corrected chi connectivity index (χ2v) is 4.54. The van der Waals surface area contributed by atoms with Crippen LogP contribution >= 0.6 is 0 Å². The fourth-order valence-corrected chi connectivity index (χ4v) is 1.56. The Balaban J connectivity index is 0.000000273. The molecule has 0 aliphatic rings. The summed E-state index contributed by atoms with van der Waals surface area (Å²) < 4.78 is 25.3. The third-order valence-corrected chi connectivity index (χ3v) is 2.48. The number of hydrogen-bond acceptors (Lipinski definition) is 4. The number of phenols is 1. The molecule has 0 fully saturated rings. The molecule has 0 radical (unpaired) electrons. The lowest BCUT2D eigenvalue weighted by molar-refractivity contribution is -0.115. The van der Waals surface area contributed by atoms with Crippen molar-refractivity contribution in [3.8, 4) is 11.5 Å². The van der Waals surface area contributed by atoms with Crippen molar-refractivity contribution in [2.24, 2.45) is 0 Å². The Labute approximate surface area is 139 Å². The molecule has 122 valence electrons. The molecule has 0 aliphatic carbocycles. The van der Waals surface area contributed by atoms with Crippen LogP contribution in [0.2, 0.25) is 0 Å². The molecule has 0 spiro atoms. The maximum Gasteiger partial charge on any atom is 0.221 e. The van der Waals surface area contributed by atoms with Gasteiger partial charge in [0.05, 0.1) is 11.2 Å². The van der Waals surface area contributed by atoms with E-state index in [0.717, 1.165) is 0 Å². The Bertz CT molecular complexity index is 729. The van der Waals surface area contributed by atoms with Gasteiger partial charge in [0.1, 0.15) is 11.5 Å². The molecule has 0 bridgehead atoms. The van der Waals surface area contributed by atoms with Gasteiger partial charge in [0.15, 0.2) is 0 Å². The molecule has 0 saturated heterocycles. The summed E-state index contributed by atoms with van der Waals surface area (Å²) in [5.41, 5.74) is 1.29. The van der Waals surface area contributed by atoms with Gasteiger partial charge in [0, 0.05) is 25.2 Å². The molecule has 6 heteroatoms. The molecule has 3 N–H and O–H groups in total. The summed E-state index contributed by atoms with van der Waals surface area (Å²) in [6.45, 7) is 2.83. The van der Waals surface area contributed by atoms with Crippen LogP contribution in [0.25, 0.3) is 0 Å². The standard InChI is InChI=1S/C9H11NO2.C8H9NO2/c1-7(11)10-8-3-5-9(12-2)6-4-8;1-6(10)9-7-2-4-8(11)5-3-7/h3-6H,1-2H3,(H,10,11);2-5,11H,1H3,(H,9,10)/i2D3;. The van der Waals surface area contributed by atoms with Crippen LogP contribution in [-0.2, 0) is 9.59 Å². The highest BCUT2D eigenvalue weighted by Gasteiger charge is 1.95. The van der Waals surface area contributed by atoms with E-state index in [4.69, 9.17) is 9.22 Å². The van der Waals surface area contributed by atoms with Gasteiger partial charge in [-0.05, 0) is 48.5 Å². The molecular formula is C17H20N2O4. The van der Waals surface area contributed by atoms with Gasteiger partial charge < -0.3 is 20.5 Å². The van der Waals surface area contributed by atoms with E-state index in [1.54, 1.807) is 24.3 Å². The number of carbonyl (C=O) groups excluding carboxylic acids is 2. The van der Waals surface area contributed by atoms with Gasteiger partial charge in [-0.1, -0.05) is 0 Å². The summed E-state index contributed by atoms with van der Waals surface area (Å²) in [4.78, 5) is 21.2. The predicted molar refractivity (Wildman–Crippen MR) is 89.7 cm³/mol. The second kappa shape index (κ2) is 9.09. The molecule has 0 heterocycles. The van der Waals surface area contributed by atoms with Crippen molar-refractivity contribution < 1.29 is 23.5 Å². The van der Waals surface area contributed by atoms with Gasteiger partial charge in [-0.25, -0.2) is 0 Å². The molecule has 6 nitrogen and oxygen atoms in total. The number of methoxy groups -OCH3 is 1. The summed E-state index contributed by atoms with van der Waals surface area (Å²) in [5, 5.41) is 14.0. The predicted octanol–water partition coefficient (Wildman–Crippen LogP) is 3.00. The van der Waals surface area contributed by atoms with Crippen LogP contribution < -0.4 is 15.4 Å². The monoisotopic (exact) mass is 319 g/mol. The first kappa shape index (κ1) is 13.6. The Kier molecular flexibility index (Phi) is 5.39. The van der Waals surface area contributed by atoms with Crippen molar-refractivity contribution >= 4 is 23.2 Å². The Morgan fingerprint density at radius 1 is 0.913 bits per heavy atom. The minimum absolute atomic E-state index is 0.115. The largest absolute Gasteiger partial charge is 0.508 e. The zero-order chi connectivity index (χ0) is 19.7. The first-order valence-corrected chi connectivity index (χ1v) is 6.68. The molecule has 0 aliphatic heterocycles. The van der Waals surface area contributed by atoms with Crippen LogP contribution in [0.4, 0.5) is 11.4 Å². The molecule has 23 heavy (non-hydrogen) atoms. The summed E-state index contributed by atoms with van der Waals surface area (Å²) in [5.74, 6) is 0.137. The molecule has 2 rings (SSSR count). The highest BCUT2D eigenvalue weighted by molar-refractivity contribution is 5.89. The van der Waals surface area contributed by atoms with E-state index in [9.17, 15) is 9.59 Å². The highest BCUT2D eigenvalue weighted by atomic mass is 16.5. The van der Waals surface area contributed by atoms with Gasteiger partial charge in [-0.3, -0.25) is 9.59 Å². The lowest BCUT2D eigenvalue weighted by Crippen LogP contribution is -2.05. The number of nitrogens with one attached hydrogen (secondary N) is 2. The normalized spacial score (nSPS) is 11.7. The number of anilines is 2. The number of phenolic OH excluding ortho intramolecular Hbond substituents is 1. The van der Waals surface area contributed by atoms with E-state index < -0.39 is 7.04 Å². The number of benzene rings is 2.